The summed E-state index contributed by atoms with van der Waals surface area (Å²) in [6, 6.07) is -0.00333. The summed E-state index contributed by atoms with van der Waals surface area (Å²) >= 11 is 0. The van der Waals surface area contributed by atoms with Gasteiger partial charge in [-0.1, -0.05) is 0 Å². The van der Waals surface area contributed by atoms with Gasteiger partial charge in [0, 0.05) is 26.2 Å². The average molecular weight is 203 g/mol. The highest BCUT2D eigenvalue weighted by Gasteiger charge is 2.24. The summed E-state index contributed by atoms with van der Waals surface area (Å²) in [4.78, 5) is 12.7. The molecule has 1 rings (SSSR count). The van der Waals surface area contributed by atoms with Crippen LogP contribution in [0, 0.1) is 0 Å². The molecule has 0 bridgehead atoms. The number of aliphatic carboxylic acids is 1. The Labute approximate surface area is 83.6 Å². The van der Waals surface area contributed by atoms with E-state index >= 15 is 0 Å². The largest absolute Gasteiger partial charge is 0.481 e. The Kier molecular flexibility index (Phi) is 4.86. The maximum atomic E-state index is 10.6. The van der Waals surface area contributed by atoms with Crippen LogP contribution in [0.25, 0.3) is 0 Å². The molecule has 5 nitrogen and oxygen atoms in total. The highest BCUT2D eigenvalue weighted by Crippen LogP contribution is 2.09. The van der Waals surface area contributed by atoms with Crippen LogP contribution in [0.1, 0.15) is 6.42 Å². The van der Waals surface area contributed by atoms with E-state index in [4.69, 9.17) is 14.6 Å². The number of morpholine rings is 1. The van der Waals surface area contributed by atoms with E-state index in [0.29, 0.717) is 19.8 Å². The topological polar surface area (TPSA) is 59.0 Å². The lowest BCUT2D eigenvalue weighted by Gasteiger charge is -2.34. The van der Waals surface area contributed by atoms with Gasteiger partial charge in [-0.25, -0.2) is 0 Å². The predicted molar refractivity (Wildman–Crippen MR) is 50.3 cm³/mol. The van der Waals surface area contributed by atoms with Crippen LogP contribution in [-0.2, 0) is 14.3 Å². The van der Waals surface area contributed by atoms with Crippen molar-refractivity contribution in [2.45, 2.75) is 12.5 Å². The Morgan fingerprint density at radius 2 is 2.50 bits per heavy atom. The van der Waals surface area contributed by atoms with E-state index in [-0.39, 0.29) is 12.5 Å². The van der Waals surface area contributed by atoms with Crippen molar-refractivity contribution < 1.29 is 19.4 Å². The van der Waals surface area contributed by atoms with Gasteiger partial charge in [0.25, 0.3) is 0 Å². The Morgan fingerprint density at radius 3 is 3.14 bits per heavy atom. The maximum Gasteiger partial charge on any atom is 0.305 e. The van der Waals surface area contributed by atoms with E-state index in [2.05, 4.69) is 4.90 Å². The van der Waals surface area contributed by atoms with Crippen LogP contribution >= 0.6 is 0 Å². The molecule has 1 atom stereocenters. The lowest BCUT2D eigenvalue weighted by atomic mass is 10.1. The van der Waals surface area contributed by atoms with Gasteiger partial charge in [-0.15, -0.1) is 0 Å². The molecule has 1 N–H and O–H groups in total. The van der Waals surface area contributed by atoms with Crippen molar-refractivity contribution in [3.05, 3.63) is 0 Å². The Hall–Kier alpha value is -0.650. The summed E-state index contributed by atoms with van der Waals surface area (Å²) in [5.74, 6) is -0.775. The zero-order chi connectivity index (χ0) is 10.4. The van der Waals surface area contributed by atoms with E-state index in [1.807, 2.05) is 0 Å². The van der Waals surface area contributed by atoms with Gasteiger partial charge in [0.05, 0.1) is 26.2 Å². The molecule has 1 aliphatic rings. The fourth-order valence-corrected chi connectivity index (χ4v) is 1.58. The Morgan fingerprint density at radius 1 is 1.71 bits per heavy atom. The minimum atomic E-state index is -0.775. The summed E-state index contributed by atoms with van der Waals surface area (Å²) in [7, 11) is 1.65. The molecule has 82 valence electrons. The third-order valence-corrected chi connectivity index (χ3v) is 2.34. The van der Waals surface area contributed by atoms with E-state index in [1.54, 1.807) is 7.11 Å². The second-order valence-corrected chi connectivity index (χ2v) is 3.36. The number of methoxy groups -OCH3 is 1. The highest BCUT2D eigenvalue weighted by molar-refractivity contribution is 5.67. The molecule has 1 unspecified atom stereocenters. The minimum Gasteiger partial charge on any atom is -0.481 e. The number of rotatable bonds is 5. The molecule has 1 saturated heterocycles. The van der Waals surface area contributed by atoms with Crippen LogP contribution in [0.15, 0.2) is 0 Å². The zero-order valence-corrected chi connectivity index (χ0v) is 8.44. The molecule has 14 heavy (non-hydrogen) atoms. The van der Waals surface area contributed by atoms with Crippen molar-refractivity contribution in [2.75, 3.05) is 40.0 Å². The molecule has 0 radical (unpaired) electrons. The van der Waals surface area contributed by atoms with Crippen LogP contribution < -0.4 is 0 Å². The van der Waals surface area contributed by atoms with E-state index in [0.717, 1.165) is 13.1 Å². The molecule has 0 aromatic heterocycles. The first-order valence-corrected chi connectivity index (χ1v) is 4.76. The van der Waals surface area contributed by atoms with Gasteiger partial charge in [0.2, 0.25) is 0 Å². The van der Waals surface area contributed by atoms with Gasteiger partial charge in [-0.2, -0.15) is 0 Å². The lowest BCUT2D eigenvalue weighted by molar-refractivity contribution is -0.140. The number of carboxylic acid groups (broad SMARTS) is 1. The third kappa shape index (κ3) is 3.61. The quantitative estimate of drug-likeness (QED) is 0.671. The summed E-state index contributed by atoms with van der Waals surface area (Å²) in [5.41, 5.74) is 0. The Balaban J connectivity index is 2.37. The van der Waals surface area contributed by atoms with Crippen molar-refractivity contribution in [2.24, 2.45) is 0 Å². The van der Waals surface area contributed by atoms with Gasteiger partial charge < -0.3 is 14.6 Å². The predicted octanol–water partition coefficient (Wildman–Crippen LogP) is -0.192. The second kappa shape index (κ2) is 5.95. The summed E-state index contributed by atoms with van der Waals surface area (Å²) in [6.45, 7) is 3.39. The fourth-order valence-electron chi connectivity index (χ4n) is 1.58. The van der Waals surface area contributed by atoms with Crippen molar-refractivity contribution in [1.82, 2.24) is 4.90 Å². The molecule has 0 aliphatic carbocycles. The molecule has 0 aromatic carbocycles. The van der Waals surface area contributed by atoms with Gasteiger partial charge in [-0.05, 0) is 0 Å². The number of hydrogen-bond acceptors (Lipinski definition) is 4. The second-order valence-electron chi connectivity index (χ2n) is 3.36. The number of carbonyl (C=O) groups is 1. The molecule has 0 amide bonds. The SMILES string of the molecule is COCCN1CCOCC1CC(=O)O. The van der Waals surface area contributed by atoms with Crippen LogP contribution in [0.3, 0.4) is 0 Å². The van der Waals surface area contributed by atoms with E-state index in [9.17, 15) is 4.79 Å². The normalized spacial score (nSPS) is 23.6. The highest BCUT2D eigenvalue weighted by atomic mass is 16.5. The first-order valence-electron chi connectivity index (χ1n) is 4.76. The van der Waals surface area contributed by atoms with Gasteiger partial charge in [0.1, 0.15) is 0 Å². The van der Waals surface area contributed by atoms with Crippen LogP contribution in [0.4, 0.5) is 0 Å². The molecule has 1 aliphatic heterocycles. The van der Waals surface area contributed by atoms with Crippen LogP contribution in [0.5, 0.6) is 0 Å². The first kappa shape index (κ1) is 11.4. The average Bonchev–Trinajstić information content (AvgIpc) is 2.16. The van der Waals surface area contributed by atoms with Crippen molar-refractivity contribution in [3.8, 4) is 0 Å². The standard InChI is InChI=1S/C9H17NO4/c1-13-4-2-10-3-5-14-7-8(10)6-9(11)12/h8H,2-7H2,1H3,(H,11,12). The van der Waals surface area contributed by atoms with Crippen molar-refractivity contribution >= 4 is 5.97 Å². The maximum absolute atomic E-state index is 10.6. The van der Waals surface area contributed by atoms with Gasteiger partial charge in [-0.3, -0.25) is 9.69 Å². The van der Waals surface area contributed by atoms with Gasteiger partial charge in [0.15, 0.2) is 0 Å². The number of nitrogens with zero attached hydrogens (tertiary/aromatic N) is 1. The van der Waals surface area contributed by atoms with Crippen molar-refractivity contribution in [3.63, 3.8) is 0 Å². The summed E-state index contributed by atoms with van der Waals surface area (Å²) in [5, 5.41) is 8.70. The zero-order valence-electron chi connectivity index (χ0n) is 8.44. The first-order chi connectivity index (χ1) is 6.74. The van der Waals surface area contributed by atoms with Crippen LogP contribution in [0.2, 0.25) is 0 Å². The lowest BCUT2D eigenvalue weighted by Crippen LogP contribution is -2.47. The summed E-state index contributed by atoms with van der Waals surface area (Å²) in [6.07, 6.45) is 0.143. The number of hydrogen-bond donors (Lipinski definition) is 1. The van der Waals surface area contributed by atoms with Crippen molar-refractivity contribution in [1.29, 1.82) is 0 Å². The number of ether oxygens (including phenoxy) is 2. The van der Waals surface area contributed by atoms with Gasteiger partial charge >= 0.3 is 5.97 Å². The molecule has 1 fully saturated rings. The monoisotopic (exact) mass is 203 g/mol. The molecule has 0 saturated carbocycles. The van der Waals surface area contributed by atoms with E-state index in [1.165, 1.54) is 0 Å². The molecule has 5 heteroatoms. The molecule has 0 aromatic rings. The molecule has 0 spiro atoms. The third-order valence-electron chi connectivity index (χ3n) is 2.34. The summed E-state index contributed by atoms with van der Waals surface area (Å²) < 4.78 is 10.2. The van der Waals surface area contributed by atoms with E-state index < -0.39 is 5.97 Å². The number of carboxylic acids is 1. The Bertz CT molecular complexity index is 186. The fraction of sp³-hybridized carbons (Fsp3) is 0.889. The molecule has 1 heterocycles. The minimum absolute atomic E-state index is 0.00333. The molecular formula is C9H17NO4. The molecular weight excluding hydrogens is 186 g/mol. The smallest absolute Gasteiger partial charge is 0.305 e. The van der Waals surface area contributed by atoms with Crippen LogP contribution in [-0.4, -0.2) is 62.0 Å².